The minimum absolute atomic E-state index is 0.173. The molecule has 0 spiro atoms. The van der Waals surface area contributed by atoms with E-state index in [4.69, 9.17) is 0 Å². The molecule has 2 aliphatic rings. The standard InChI is InChI=1S/C15H30N2O2S/c1-4-13-10-16-15(5-2,6-3)12-17(13)14-8-7-9-20(18,19)11-14/h13-14,16H,4-12H2,1-3H3. The SMILES string of the molecule is CCC1CNC(CC)(CC)CN1C1CCCS(=O)(=O)C1. The molecule has 2 fully saturated rings. The Morgan fingerprint density at radius 1 is 1.25 bits per heavy atom. The minimum Gasteiger partial charge on any atom is -0.308 e. The highest BCUT2D eigenvalue weighted by atomic mass is 32.2. The summed E-state index contributed by atoms with van der Waals surface area (Å²) in [5.41, 5.74) is 0.173. The molecule has 1 N–H and O–H groups in total. The lowest BCUT2D eigenvalue weighted by atomic mass is 9.87. The quantitative estimate of drug-likeness (QED) is 0.860. The molecule has 0 radical (unpaired) electrons. The second kappa shape index (κ2) is 6.32. The second-order valence-corrected chi connectivity index (χ2v) is 8.74. The summed E-state index contributed by atoms with van der Waals surface area (Å²) in [5, 5.41) is 3.73. The Kier molecular flexibility index (Phi) is 5.14. The number of nitrogens with zero attached hydrogens (tertiary/aromatic N) is 1. The summed E-state index contributed by atoms with van der Waals surface area (Å²) in [4.78, 5) is 2.51. The molecule has 0 aliphatic carbocycles. The van der Waals surface area contributed by atoms with Crippen LogP contribution in [0.15, 0.2) is 0 Å². The molecule has 2 saturated heterocycles. The summed E-state index contributed by atoms with van der Waals surface area (Å²) < 4.78 is 23.9. The molecule has 2 rings (SSSR count). The maximum Gasteiger partial charge on any atom is 0.151 e. The highest BCUT2D eigenvalue weighted by Gasteiger charge is 2.41. The predicted molar refractivity (Wildman–Crippen MR) is 83.8 cm³/mol. The van der Waals surface area contributed by atoms with Crippen LogP contribution in [0.2, 0.25) is 0 Å². The third-order valence-corrected chi connectivity index (χ3v) is 7.20. The normalized spacial score (nSPS) is 34.0. The predicted octanol–water partition coefficient (Wildman–Crippen LogP) is 1.81. The number of hydrogen-bond acceptors (Lipinski definition) is 4. The van der Waals surface area contributed by atoms with E-state index in [1.54, 1.807) is 0 Å². The maximum absolute atomic E-state index is 12.0. The summed E-state index contributed by atoms with van der Waals surface area (Å²) in [6.45, 7) is 8.67. The van der Waals surface area contributed by atoms with Crippen LogP contribution in [0, 0.1) is 0 Å². The summed E-state index contributed by atoms with van der Waals surface area (Å²) in [6.07, 6.45) is 5.18. The number of nitrogens with one attached hydrogen (secondary N) is 1. The van der Waals surface area contributed by atoms with Crippen molar-refractivity contribution in [1.29, 1.82) is 0 Å². The molecule has 0 aromatic carbocycles. The molecule has 20 heavy (non-hydrogen) atoms. The smallest absolute Gasteiger partial charge is 0.151 e. The molecule has 2 heterocycles. The highest BCUT2D eigenvalue weighted by Crippen LogP contribution is 2.29. The van der Waals surface area contributed by atoms with E-state index in [0.717, 1.165) is 45.2 Å². The molecule has 2 aliphatic heterocycles. The van der Waals surface area contributed by atoms with Gasteiger partial charge in [0.05, 0.1) is 11.5 Å². The first-order valence-electron chi connectivity index (χ1n) is 8.16. The van der Waals surface area contributed by atoms with E-state index < -0.39 is 9.84 Å². The molecule has 0 amide bonds. The number of hydrogen-bond donors (Lipinski definition) is 1. The Morgan fingerprint density at radius 2 is 1.95 bits per heavy atom. The van der Waals surface area contributed by atoms with Gasteiger partial charge < -0.3 is 5.32 Å². The molecule has 2 unspecified atom stereocenters. The van der Waals surface area contributed by atoms with Crippen LogP contribution in [0.3, 0.4) is 0 Å². The van der Waals surface area contributed by atoms with Crippen LogP contribution in [0.1, 0.15) is 52.9 Å². The van der Waals surface area contributed by atoms with Crippen LogP contribution in [-0.2, 0) is 9.84 Å². The fourth-order valence-corrected chi connectivity index (χ4v) is 5.49. The zero-order chi connectivity index (χ0) is 14.8. The Bertz CT molecular complexity index is 418. The Balaban J connectivity index is 2.16. The number of piperazine rings is 1. The van der Waals surface area contributed by atoms with E-state index in [0.29, 0.717) is 17.5 Å². The fraction of sp³-hybridized carbons (Fsp3) is 1.00. The summed E-state index contributed by atoms with van der Waals surface area (Å²) >= 11 is 0. The number of sulfone groups is 1. The third-order valence-electron chi connectivity index (χ3n) is 5.40. The van der Waals surface area contributed by atoms with Crippen LogP contribution in [-0.4, -0.2) is 55.5 Å². The van der Waals surface area contributed by atoms with Gasteiger partial charge in [0.25, 0.3) is 0 Å². The molecule has 0 bridgehead atoms. The molecule has 2 atom stereocenters. The highest BCUT2D eigenvalue weighted by molar-refractivity contribution is 7.91. The van der Waals surface area contributed by atoms with Crippen LogP contribution < -0.4 is 5.32 Å². The Hall–Kier alpha value is -0.130. The van der Waals surface area contributed by atoms with E-state index in [1.165, 1.54) is 0 Å². The van der Waals surface area contributed by atoms with Gasteiger partial charge in [0.15, 0.2) is 9.84 Å². The lowest BCUT2D eigenvalue weighted by Gasteiger charge is -2.51. The van der Waals surface area contributed by atoms with Crippen LogP contribution >= 0.6 is 0 Å². The summed E-state index contributed by atoms with van der Waals surface area (Å²) in [6, 6.07) is 0.720. The van der Waals surface area contributed by atoms with Crippen molar-refractivity contribution in [3.05, 3.63) is 0 Å². The van der Waals surface area contributed by atoms with Crippen molar-refractivity contribution in [2.45, 2.75) is 70.5 Å². The largest absolute Gasteiger partial charge is 0.308 e. The Morgan fingerprint density at radius 3 is 2.50 bits per heavy atom. The molecule has 0 aromatic rings. The van der Waals surface area contributed by atoms with Gasteiger partial charge >= 0.3 is 0 Å². The van der Waals surface area contributed by atoms with Crippen molar-refractivity contribution < 1.29 is 8.42 Å². The third kappa shape index (κ3) is 3.37. The van der Waals surface area contributed by atoms with Gasteiger partial charge in [-0.1, -0.05) is 20.8 Å². The maximum atomic E-state index is 12.0. The van der Waals surface area contributed by atoms with Gasteiger partial charge in [0.2, 0.25) is 0 Å². The average molecular weight is 302 g/mol. The van der Waals surface area contributed by atoms with Gasteiger partial charge in [0.1, 0.15) is 0 Å². The molecule has 118 valence electrons. The van der Waals surface area contributed by atoms with E-state index >= 15 is 0 Å². The van der Waals surface area contributed by atoms with Crippen LogP contribution in [0.4, 0.5) is 0 Å². The zero-order valence-corrected chi connectivity index (χ0v) is 14.0. The van der Waals surface area contributed by atoms with Gasteiger partial charge in [-0.25, -0.2) is 8.42 Å². The zero-order valence-electron chi connectivity index (χ0n) is 13.2. The molecular formula is C15H30N2O2S. The second-order valence-electron chi connectivity index (χ2n) is 6.51. The van der Waals surface area contributed by atoms with Crippen LogP contribution in [0.5, 0.6) is 0 Å². The monoisotopic (exact) mass is 302 g/mol. The lowest BCUT2D eigenvalue weighted by molar-refractivity contribution is 0.0374. The molecule has 0 saturated carbocycles. The van der Waals surface area contributed by atoms with Crippen molar-refractivity contribution >= 4 is 9.84 Å². The van der Waals surface area contributed by atoms with E-state index in [1.807, 2.05) is 0 Å². The first-order chi connectivity index (χ1) is 9.45. The minimum atomic E-state index is -2.83. The lowest BCUT2D eigenvalue weighted by Crippen LogP contribution is -2.66. The van der Waals surface area contributed by atoms with Gasteiger partial charge in [-0.15, -0.1) is 0 Å². The first kappa shape index (κ1) is 16.2. The van der Waals surface area contributed by atoms with Crippen molar-refractivity contribution in [2.75, 3.05) is 24.6 Å². The van der Waals surface area contributed by atoms with Crippen molar-refractivity contribution in [1.82, 2.24) is 10.2 Å². The van der Waals surface area contributed by atoms with Crippen LogP contribution in [0.25, 0.3) is 0 Å². The van der Waals surface area contributed by atoms with E-state index in [9.17, 15) is 8.42 Å². The average Bonchev–Trinajstić information content (AvgIpc) is 2.45. The molecule has 4 nitrogen and oxygen atoms in total. The number of rotatable bonds is 4. The van der Waals surface area contributed by atoms with Gasteiger partial charge in [-0.05, 0) is 32.1 Å². The fourth-order valence-electron chi connectivity index (χ4n) is 3.78. The van der Waals surface area contributed by atoms with Crippen molar-refractivity contribution in [3.63, 3.8) is 0 Å². The first-order valence-corrected chi connectivity index (χ1v) is 9.98. The molecular weight excluding hydrogens is 272 g/mol. The summed E-state index contributed by atoms with van der Waals surface area (Å²) in [5.74, 6) is 0.756. The van der Waals surface area contributed by atoms with Gasteiger partial charge in [0, 0.05) is 30.7 Å². The topological polar surface area (TPSA) is 49.4 Å². The van der Waals surface area contributed by atoms with Crippen molar-refractivity contribution in [2.24, 2.45) is 0 Å². The van der Waals surface area contributed by atoms with Gasteiger partial charge in [-0.2, -0.15) is 0 Å². The van der Waals surface area contributed by atoms with Gasteiger partial charge in [-0.3, -0.25) is 4.90 Å². The Labute approximate surface area is 124 Å². The molecule has 5 heteroatoms. The van der Waals surface area contributed by atoms with E-state index in [-0.39, 0.29) is 11.6 Å². The van der Waals surface area contributed by atoms with Crippen molar-refractivity contribution in [3.8, 4) is 0 Å². The van der Waals surface area contributed by atoms with E-state index in [2.05, 4.69) is 31.0 Å². The molecule has 0 aromatic heterocycles. The summed E-state index contributed by atoms with van der Waals surface area (Å²) in [7, 11) is -2.83.